The van der Waals surface area contributed by atoms with E-state index in [1.807, 2.05) is 27.7 Å². The number of hydrogen-bond acceptors (Lipinski definition) is 15. The van der Waals surface area contributed by atoms with Crippen molar-refractivity contribution >= 4 is 59.3 Å². The fourth-order valence-electron chi connectivity index (χ4n) is 8.97. The molecule has 1 aliphatic heterocycles. The number of likely N-dealkylation sites (N-methyl/N-ethyl adjacent to an activating group) is 4. The molecule has 1 rings (SSSR count). The quantitative estimate of drug-likeness (QED) is 0.101. The summed E-state index contributed by atoms with van der Waals surface area (Å²) >= 11 is 0. The third-order valence-corrected chi connectivity index (χ3v) is 13.7. The van der Waals surface area contributed by atoms with E-state index >= 15 is 0 Å². The largest absolute Gasteiger partial charge is 0.458 e. The van der Waals surface area contributed by atoms with Crippen molar-refractivity contribution in [3.8, 4) is 0 Å². The maximum Gasteiger partial charge on any atom is 0.348 e. The Morgan fingerprint density at radius 3 is 1.54 bits per heavy atom. The Kier molecular flexibility index (Phi) is 28.1. The molecule has 76 heavy (non-hydrogen) atoms. The predicted molar refractivity (Wildman–Crippen MR) is 285 cm³/mol. The minimum absolute atomic E-state index is 0.0357. The summed E-state index contributed by atoms with van der Waals surface area (Å²) in [7, 11) is 5.61. The minimum atomic E-state index is -1.73. The smallest absolute Gasteiger partial charge is 0.348 e. The van der Waals surface area contributed by atoms with Gasteiger partial charge in [-0.2, -0.15) is 0 Å². The molecule has 0 aromatic carbocycles. The van der Waals surface area contributed by atoms with E-state index in [2.05, 4.69) is 26.6 Å². The zero-order valence-electron chi connectivity index (χ0n) is 49.4. The standard InChI is InChI=1S/C54H96N8O14/c1-22-32(14)40(55-18)47(66)59-42-35(17)74-52(71)37(24-27(4)5)61(20)49(68)33(15)56-48(67)43(30(10)11)62(21)51(70)41(34(16)63)58-45(64)36(23-26(2)3)60(19)50(69)39(29(8)9)57-46(65)38(25-28(6)7)75-54(73)44(31(12)13)76-53(42)72/h26-44,55,63H,22-25H2,1-21H3,(H,56,67)(H,57,65)(H,58,64)(H,59,66)/t32?,33-,34?,35?,36?,37?,38-,39?,40?,41-,42?,43?,44?/m0/s1. The maximum atomic E-state index is 14.5. The second-order valence-electron chi connectivity index (χ2n) is 23.0. The highest BCUT2D eigenvalue weighted by Crippen LogP contribution is 2.22. The van der Waals surface area contributed by atoms with Crippen molar-refractivity contribution in [3.63, 3.8) is 0 Å². The van der Waals surface area contributed by atoms with Crippen molar-refractivity contribution < 1.29 is 67.3 Å². The Hall–Kier alpha value is -5.38. The lowest BCUT2D eigenvalue weighted by Gasteiger charge is -2.37. The Bertz CT molecular complexity index is 1990. The van der Waals surface area contributed by atoms with Crippen molar-refractivity contribution in [2.45, 2.75) is 216 Å². The van der Waals surface area contributed by atoms with Gasteiger partial charge in [0.05, 0.1) is 12.1 Å². The van der Waals surface area contributed by atoms with Gasteiger partial charge < -0.3 is 60.6 Å². The second kappa shape index (κ2) is 31.1. The zero-order chi connectivity index (χ0) is 59.0. The number of aliphatic hydroxyl groups excluding tert-OH is 1. The number of aliphatic hydroxyl groups is 1. The van der Waals surface area contributed by atoms with Crippen LogP contribution in [0.5, 0.6) is 0 Å². The van der Waals surface area contributed by atoms with Gasteiger partial charge in [0, 0.05) is 27.1 Å². The molecule has 0 aliphatic carbocycles. The van der Waals surface area contributed by atoms with Crippen molar-refractivity contribution in [2.75, 3.05) is 28.2 Å². The average molecular weight is 1080 g/mol. The first-order valence-electron chi connectivity index (χ1n) is 27.0. The minimum Gasteiger partial charge on any atom is -0.458 e. The summed E-state index contributed by atoms with van der Waals surface area (Å²) in [6.45, 7) is 28.3. The van der Waals surface area contributed by atoms with E-state index in [1.165, 1.54) is 41.9 Å². The Morgan fingerprint density at radius 1 is 0.579 bits per heavy atom. The number of nitrogens with one attached hydrogen (secondary N) is 5. The van der Waals surface area contributed by atoms with Crippen LogP contribution in [0.2, 0.25) is 0 Å². The van der Waals surface area contributed by atoms with Crippen LogP contribution in [-0.4, -0.2) is 180 Å². The molecule has 22 nitrogen and oxygen atoms in total. The highest BCUT2D eigenvalue weighted by molar-refractivity contribution is 5.98. The fraction of sp³-hybridized carbons (Fsp3) is 0.815. The number of cyclic esters (lactones) is 3. The molecule has 1 heterocycles. The highest BCUT2D eigenvalue weighted by atomic mass is 16.6. The summed E-state index contributed by atoms with van der Waals surface area (Å²) in [4.78, 5) is 146. The van der Waals surface area contributed by atoms with E-state index < -0.39 is 150 Å². The van der Waals surface area contributed by atoms with Crippen LogP contribution in [0, 0.1) is 41.4 Å². The van der Waals surface area contributed by atoms with Crippen LogP contribution >= 0.6 is 0 Å². The van der Waals surface area contributed by atoms with Crippen molar-refractivity contribution in [3.05, 3.63) is 0 Å². The zero-order valence-corrected chi connectivity index (χ0v) is 49.4. The molecule has 1 fully saturated rings. The van der Waals surface area contributed by atoms with Crippen LogP contribution < -0.4 is 26.6 Å². The van der Waals surface area contributed by atoms with Crippen molar-refractivity contribution in [1.82, 2.24) is 41.3 Å². The summed E-state index contributed by atoms with van der Waals surface area (Å²) < 4.78 is 17.6. The topological polar surface area (TPSA) is 288 Å². The normalized spacial score (nSPS) is 27.7. The highest BCUT2D eigenvalue weighted by Gasteiger charge is 2.44. The van der Waals surface area contributed by atoms with E-state index in [1.54, 1.807) is 76.3 Å². The first-order chi connectivity index (χ1) is 35.0. The molecular formula is C54H96N8O14. The van der Waals surface area contributed by atoms with Crippen LogP contribution in [-0.2, 0) is 62.2 Å². The molecule has 0 aromatic rings. The van der Waals surface area contributed by atoms with Crippen LogP contribution in [0.4, 0.5) is 0 Å². The monoisotopic (exact) mass is 1080 g/mol. The van der Waals surface area contributed by atoms with Gasteiger partial charge in [0.25, 0.3) is 5.91 Å². The molecule has 0 aromatic heterocycles. The van der Waals surface area contributed by atoms with Crippen LogP contribution in [0.3, 0.4) is 0 Å². The Balaban J connectivity index is 4.27. The Morgan fingerprint density at radius 2 is 1.08 bits per heavy atom. The van der Waals surface area contributed by atoms with Crippen molar-refractivity contribution in [2.24, 2.45) is 41.4 Å². The predicted octanol–water partition coefficient (Wildman–Crippen LogP) is 2.32. The van der Waals surface area contributed by atoms with Crippen LogP contribution in [0.1, 0.15) is 143 Å². The number of esters is 3. The third-order valence-electron chi connectivity index (χ3n) is 13.7. The number of hydrogen-bond donors (Lipinski definition) is 6. The number of ether oxygens (including phenoxy) is 3. The first-order valence-corrected chi connectivity index (χ1v) is 27.0. The van der Waals surface area contributed by atoms with Gasteiger partial charge in [-0.05, 0) is 82.6 Å². The van der Waals surface area contributed by atoms with Gasteiger partial charge in [0.1, 0.15) is 42.4 Å². The van der Waals surface area contributed by atoms with Gasteiger partial charge in [0.15, 0.2) is 12.1 Å². The van der Waals surface area contributed by atoms with E-state index in [0.29, 0.717) is 6.42 Å². The molecule has 10 unspecified atom stereocenters. The molecule has 13 atom stereocenters. The molecule has 1 aliphatic rings. The summed E-state index contributed by atoms with van der Waals surface area (Å²) in [5.74, 6) is -11.5. The van der Waals surface area contributed by atoms with Gasteiger partial charge in [-0.15, -0.1) is 0 Å². The Labute approximate surface area is 452 Å². The molecule has 436 valence electrons. The van der Waals surface area contributed by atoms with E-state index in [9.17, 15) is 53.1 Å². The number of carbonyl (C=O) groups is 10. The molecule has 0 spiro atoms. The van der Waals surface area contributed by atoms with Crippen LogP contribution in [0.15, 0.2) is 0 Å². The number of nitrogens with zero attached hydrogens (tertiary/aromatic N) is 3. The van der Waals surface area contributed by atoms with Gasteiger partial charge in [0.2, 0.25) is 41.5 Å². The molecule has 0 saturated carbocycles. The summed E-state index contributed by atoms with van der Waals surface area (Å²) in [5.41, 5.74) is 0. The van der Waals surface area contributed by atoms with Gasteiger partial charge in [-0.3, -0.25) is 33.6 Å². The lowest BCUT2D eigenvalue weighted by Crippen LogP contribution is -2.63. The molecular weight excluding hydrogens is 985 g/mol. The lowest BCUT2D eigenvalue weighted by atomic mass is 9.97. The summed E-state index contributed by atoms with van der Waals surface area (Å²) in [5, 5.41) is 24.6. The van der Waals surface area contributed by atoms with Gasteiger partial charge >= 0.3 is 17.9 Å². The molecule has 7 amide bonds. The maximum absolute atomic E-state index is 14.5. The van der Waals surface area contributed by atoms with Gasteiger partial charge in [-0.1, -0.05) is 103 Å². The van der Waals surface area contributed by atoms with Crippen LogP contribution in [0.25, 0.3) is 0 Å². The fourth-order valence-corrected chi connectivity index (χ4v) is 8.97. The summed E-state index contributed by atoms with van der Waals surface area (Å²) in [6, 6.07) is -10.6. The molecule has 0 bridgehead atoms. The molecule has 1 saturated heterocycles. The second-order valence-corrected chi connectivity index (χ2v) is 23.0. The van der Waals surface area contributed by atoms with E-state index in [-0.39, 0.29) is 42.9 Å². The first kappa shape index (κ1) is 68.6. The average Bonchev–Trinajstić information content (AvgIpc) is 3.31. The summed E-state index contributed by atoms with van der Waals surface area (Å²) in [6.07, 6.45) is -5.53. The third kappa shape index (κ3) is 19.6. The molecule has 6 N–H and O–H groups in total. The lowest BCUT2D eigenvalue weighted by molar-refractivity contribution is -0.181. The molecule has 0 radical (unpaired) electrons. The molecule has 22 heteroatoms. The number of carbonyl (C=O) groups excluding carboxylic acids is 10. The van der Waals surface area contributed by atoms with E-state index in [0.717, 1.165) is 14.7 Å². The van der Waals surface area contributed by atoms with Gasteiger partial charge in [-0.25, -0.2) is 14.4 Å². The van der Waals surface area contributed by atoms with E-state index in [4.69, 9.17) is 14.2 Å². The number of rotatable bonds is 15. The SMILES string of the molecule is CCC(C)C(NC)C(=O)NC1C(=O)OC(C(C)C)C(=O)O[C@@H](CC(C)C)C(=O)NC(C(C)C)C(=O)N(C)C(CC(C)C)C(=O)N[C@@H](C(C)O)C(=O)N(C)C(C(C)C)C(=O)N[C@@H](C)C(=O)N(C)C(CC(C)C)C(=O)OC1C. The number of amides is 7. The van der Waals surface area contributed by atoms with Crippen molar-refractivity contribution in [1.29, 1.82) is 0 Å².